The summed E-state index contributed by atoms with van der Waals surface area (Å²) in [6.07, 6.45) is 0. The van der Waals surface area contributed by atoms with Gasteiger partial charge in [0.25, 0.3) is 5.91 Å². The van der Waals surface area contributed by atoms with Crippen molar-refractivity contribution in [2.75, 3.05) is 18.5 Å². The van der Waals surface area contributed by atoms with Gasteiger partial charge in [0, 0.05) is 5.56 Å². The van der Waals surface area contributed by atoms with Crippen LogP contribution >= 0.6 is 11.6 Å². The van der Waals surface area contributed by atoms with E-state index in [4.69, 9.17) is 21.1 Å². The third kappa shape index (κ3) is 2.85. The van der Waals surface area contributed by atoms with E-state index in [2.05, 4.69) is 5.32 Å². The molecule has 0 radical (unpaired) electrons. The van der Waals surface area contributed by atoms with Gasteiger partial charge in [0.2, 0.25) is 0 Å². The highest BCUT2D eigenvalue weighted by atomic mass is 35.5. The van der Waals surface area contributed by atoms with E-state index in [9.17, 15) is 9.18 Å². The number of carbonyl (C=O) groups is 1. The lowest BCUT2D eigenvalue weighted by atomic mass is 10.1. The van der Waals surface area contributed by atoms with Gasteiger partial charge in [-0.15, -0.1) is 0 Å². The van der Waals surface area contributed by atoms with Crippen molar-refractivity contribution in [1.29, 1.82) is 0 Å². The van der Waals surface area contributed by atoms with Gasteiger partial charge in [0.1, 0.15) is 19.0 Å². The molecule has 1 aliphatic rings. The lowest BCUT2D eigenvalue weighted by Gasteiger charge is -2.20. The molecule has 4 nitrogen and oxygen atoms in total. The van der Waals surface area contributed by atoms with E-state index in [1.807, 2.05) is 0 Å². The molecule has 114 valence electrons. The molecule has 22 heavy (non-hydrogen) atoms. The summed E-state index contributed by atoms with van der Waals surface area (Å²) in [7, 11) is 0. The molecule has 2 aromatic carbocycles. The molecule has 0 unspecified atom stereocenters. The predicted octanol–water partition coefficient (Wildman–Crippen LogP) is 3.81. The molecule has 0 atom stereocenters. The second kappa shape index (κ2) is 5.85. The highest BCUT2D eigenvalue weighted by Crippen LogP contribution is 2.38. The summed E-state index contributed by atoms with van der Waals surface area (Å²) >= 11 is 6.09. The number of nitrogens with one attached hydrogen (secondary N) is 1. The number of halogens is 2. The summed E-state index contributed by atoms with van der Waals surface area (Å²) in [5.41, 5.74) is 1.16. The van der Waals surface area contributed by atoms with E-state index in [0.717, 1.165) is 5.56 Å². The summed E-state index contributed by atoms with van der Waals surface area (Å²) in [4.78, 5) is 12.3. The Bertz CT molecular complexity index is 748. The minimum absolute atomic E-state index is 0.113. The molecule has 0 fully saturated rings. The van der Waals surface area contributed by atoms with Crippen molar-refractivity contribution in [3.05, 3.63) is 52.3 Å². The third-order valence-corrected chi connectivity index (χ3v) is 3.51. The molecule has 1 aliphatic heterocycles. The first-order valence-corrected chi connectivity index (χ1v) is 7.09. The lowest BCUT2D eigenvalue weighted by Crippen LogP contribution is -2.18. The molecule has 1 N–H and O–H groups in total. The first-order chi connectivity index (χ1) is 10.5. The van der Waals surface area contributed by atoms with E-state index in [1.54, 1.807) is 13.0 Å². The number of hydrogen-bond donors (Lipinski definition) is 1. The molecular formula is C16H13ClFNO3. The molecule has 6 heteroatoms. The Balaban J connectivity index is 1.87. The Morgan fingerprint density at radius 2 is 2.00 bits per heavy atom. The Morgan fingerprint density at radius 3 is 2.77 bits per heavy atom. The number of amides is 1. The number of ether oxygens (including phenoxy) is 2. The van der Waals surface area contributed by atoms with Gasteiger partial charge in [-0.2, -0.15) is 0 Å². The summed E-state index contributed by atoms with van der Waals surface area (Å²) in [5.74, 6) is -0.127. The zero-order valence-electron chi connectivity index (χ0n) is 11.8. The molecule has 0 saturated heterocycles. The van der Waals surface area contributed by atoms with Gasteiger partial charge < -0.3 is 14.8 Å². The van der Waals surface area contributed by atoms with E-state index in [1.165, 1.54) is 24.3 Å². The minimum Gasteiger partial charge on any atom is -0.486 e. The van der Waals surface area contributed by atoms with Crippen LogP contribution in [0, 0.1) is 12.7 Å². The average Bonchev–Trinajstić information content (AvgIpc) is 2.50. The largest absolute Gasteiger partial charge is 0.486 e. The maximum absolute atomic E-state index is 13.8. The Morgan fingerprint density at radius 1 is 1.23 bits per heavy atom. The summed E-state index contributed by atoms with van der Waals surface area (Å²) in [5, 5.41) is 2.80. The molecule has 2 aromatic rings. The van der Waals surface area contributed by atoms with Gasteiger partial charge >= 0.3 is 0 Å². The van der Waals surface area contributed by atoms with Gasteiger partial charge in [0.05, 0.1) is 10.7 Å². The van der Waals surface area contributed by atoms with Crippen molar-refractivity contribution in [2.45, 2.75) is 6.92 Å². The van der Waals surface area contributed by atoms with Crippen molar-refractivity contribution in [3.63, 3.8) is 0 Å². The fraction of sp³-hybridized carbons (Fsp3) is 0.188. The topological polar surface area (TPSA) is 47.6 Å². The van der Waals surface area contributed by atoms with Crippen LogP contribution in [-0.4, -0.2) is 19.1 Å². The van der Waals surface area contributed by atoms with E-state index < -0.39 is 11.7 Å². The number of carbonyl (C=O) groups excluding carboxylic acids is 1. The number of hydrogen-bond acceptors (Lipinski definition) is 3. The average molecular weight is 322 g/mol. The fourth-order valence-corrected chi connectivity index (χ4v) is 2.42. The molecule has 1 heterocycles. The van der Waals surface area contributed by atoms with Crippen molar-refractivity contribution in [3.8, 4) is 11.5 Å². The first kappa shape index (κ1) is 14.7. The third-order valence-electron chi connectivity index (χ3n) is 3.23. The van der Waals surface area contributed by atoms with Gasteiger partial charge in [-0.3, -0.25) is 4.79 Å². The van der Waals surface area contributed by atoms with Crippen LogP contribution < -0.4 is 14.8 Å². The maximum atomic E-state index is 13.8. The number of fused-ring (bicyclic) bond motifs is 1. The predicted molar refractivity (Wildman–Crippen MR) is 81.5 cm³/mol. The number of anilines is 1. The Labute approximate surface area is 131 Å². The molecule has 0 aliphatic carbocycles. The molecular weight excluding hydrogens is 309 g/mol. The quantitative estimate of drug-likeness (QED) is 0.915. The van der Waals surface area contributed by atoms with Gasteiger partial charge in [-0.05, 0) is 36.8 Å². The van der Waals surface area contributed by atoms with Gasteiger partial charge in [0.15, 0.2) is 11.5 Å². The fourth-order valence-electron chi connectivity index (χ4n) is 2.16. The lowest BCUT2D eigenvalue weighted by molar-refractivity contribution is 0.102. The van der Waals surface area contributed by atoms with E-state index in [-0.39, 0.29) is 16.3 Å². The van der Waals surface area contributed by atoms with Crippen LogP contribution in [0.5, 0.6) is 11.5 Å². The second-order valence-electron chi connectivity index (χ2n) is 4.92. The summed E-state index contributed by atoms with van der Waals surface area (Å²) < 4.78 is 24.6. The maximum Gasteiger partial charge on any atom is 0.255 e. The van der Waals surface area contributed by atoms with Crippen molar-refractivity contribution in [1.82, 2.24) is 0 Å². The zero-order valence-corrected chi connectivity index (χ0v) is 12.5. The van der Waals surface area contributed by atoms with Crippen LogP contribution in [0.25, 0.3) is 0 Å². The van der Waals surface area contributed by atoms with Gasteiger partial charge in [-0.25, -0.2) is 4.39 Å². The standard InChI is InChI=1S/C16H13ClFNO3/c1-9-2-3-13(12(18)6-9)19-16(20)10-7-11(17)15-14(8-10)21-4-5-22-15/h2-3,6-8H,4-5H2,1H3,(H,19,20). The number of aryl methyl sites for hydroxylation is 1. The normalized spacial score (nSPS) is 12.9. The molecule has 0 bridgehead atoms. The van der Waals surface area contributed by atoms with Crippen molar-refractivity contribution >= 4 is 23.2 Å². The smallest absolute Gasteiger partial charge is 0.255 e. The molecule has 3 rings (SSSR count). The highest BCUT2D eigenvalue weighted by molar-refractivity contribution is 6.32. The first-order valence-electron chi connectivity index (χ1n) is 6.71. The number of benzene rings is 2. The molecule has 0 spiro atoms. The van der Waals surface area contributed by atoms with Crippen LogP contribution in [0.3, 0.4) is 0 Å². The highest BCUT2D eigenvalue weighted by Gasteiger charge is 2.19. The van der Waals surface area contributed by atoms with Crippen molar-refractivity contribution < 1.29 is 18.7 Å². The monoisotopic (exact) mass is 321 g/mol. The number of rotatable bonds is 2. The minimum atomic E-state index is -0.489. The van der Waals surface area contributed by atoms with Crippen LogP contribution in [0.1, 0.15) is 15.9 Å². The SMILES string of the molecule is Cc1ccc(NC(=O)c2cc(Cl)c3c(c2)OCCO3)c(F)c1. The Hall–Kier alpha value is -2.27. The van der Waals surface area contributed by atoms with Crippen LogP contribution in [0.4, 0.5) is 10.1 Å². The molecule has 1 amide bonds. The Kier molecular flexibility index (Phi) is 3.90. The summed E-state index contributed by atoms with van der Waals surface area (Å²) in [6.45, 7) is 2.57. The second-order valence-corrected chi connectivity index (χ2v) is 5.33. The molecule has 0 saturated carbocycles. The molecule has 0 aromatic heterocycles. The van der Waals surface area contributed by atoms with Crippen molar-refractivity contribution in [2.24, 2.45) is 0 Å². The summed E-state index contributed by atoms with van der Waals surface area (Å²) in [6, 6.07) is 7.59. The van der Waals surface area contributed by atoms with Crippen LogP contribution in [-0.2, 0) is 0 Å². The van der Waals surface area contributed by atoms with Crippen LogP contribution in [0.2, 0.25) is 5.02 Å². The zero-order chi connectivity index (χ0) is 15.7. The van der Waals surface area contributed by atoms with E-state index in [0.29, 0.717) is 24.7 Å². The van der Waals surface area contributed by atoms with E-state index >= 15 is 0 Å². The van der Waals surface area contributed by atoms with Gasteiger partial charge in [-0.1, -0.05) is 17.7 Å². The van der Waals surface area contributed by atoms with Crippen LogP contribution in [0.15, 0.2) is 30.3 Å².